The first kappa shape index (κ1) is 13.8. The van der Waals surface area contributed by atoms with Gasteiger partial charge in [-0.1, -0.05) is 23.2 Å². The summed E-state index contributed by atoms with van der Waals surface area (Å²) in [4.78, 5) is 16.1. The van der Waals surface area contributed by atoms with Crippen molar-refractivity contribution in [2.45, 2.75) is 13.8 Å². The van der Waals surface area contributed by atoms with E-state index in [0.717, 1.165) is 11.1 Å². The van der Waals surface area contributed by atoms with Crippen LogP contribution in [0.4, 0.5) is 5.69 Å². The Bertz CT molecular complexity index is 621. The molecule has 19 heavy (non-hydrogen) atoms. The van der Waals surface area contributed by atoms with E-state index in [1.54, 1.807) is 30.5 Å². The molecule has 98 valence electrons. The third-order valence-electron chi connectivity index (χ3n) is 2.53. The Hall–Kier alpha value is -1.58. The number of nitrogens with zero attached hydrogens (tertiary/aromatic N) is 1. The van der Waals surface area contributed by atoms with E-state index < -0.39 is 0 Å². The van der Waals surface area contributed by atoms with Crippen LogP contribution in [0, 0.1) is 13.8 Å². The molecule has 0 fully saturated rings. The van der Waals surface area contributed by atoms with Gasteiger partial charge in [0.05, 0.1) is 5.69 Å². The second kappa shape index (κ2) is 5.59. The predicted molar refractivity (Wildman–Crippen MR) is 78.1 cm³/mol. The van der Waals surface area contributed by atoms with Crippen LogP contribution in [0.2, 0.25) is 10.2 Å². The summed E-state index contributed by atoms with van der Waals surface area (Å²) in [5, 5.41) is 3.52. The van der Waals surface area contributed by atoms with Gasteiger partial charge in [-0.2, -0.15) is 0 Å². The van der Waals surface area contributed by atoms with Crippen LogP contribution in [0.1, 0.15) is 21.5 Å². The molecule has 1 heterocycles. The molecule has 2 aromatic rings. The van der Waals surface area contributed by atoms with Gasteiger partial charge < -0.3 is 5.32 Å². The van der Waals surface area contributed by atoms with Crippen LogP contribution < -0.4 is 5.32 Å². The molecule has 0 aliphatic heterocycles. The van der Waals surface area contributed by atoms with Gasteiger partial charge in [0.25, 0.3) is 5.91 Å². The first-order valence-corrected chi connectivity index (χ1v) is 6.42. The molecule has 0 radical (unpaired) electrons. The summed E-state index contributed by atoms with van der Waals surface area (Å²) in [7, 11) is 0. The predicted octanol–water partition coefficient (Wildman–Crippen LogP) is 4.26. The lowest BCUT2D eigenvalue weighted by Crippen LogP contribution is -2.13. The van der Waals surface area contributed by atoms with E-state index in [0.29, 0.717) is 16.3 Å². The maximum Gasteiger partial charge on any atom is 0.255 e. The molecule has 0 spiro atoms. The fourth-order valence-electron chi connectivity index (χ4n) is 1.70. The van der Waals surface area contributed by atoms with E-state index in [-0.39, 0.29) is 11.1 Å². The average Bonchev–Trinajstić information content (AvgIpc) is 2.32. The number of aromatic nitrogens is 1. The minimum Gasteiger partial charge on any atom is -0.319 e. The zero-order valence-corrected chi connectivity index (χ0v) is 12.0. The smallest absolute Gasteiger partial charge is 0.255 e. The van der Waals surface area contributed by atoms with E-state index in [4.69, 9.17) is 23.2 Å². The van der Waals surface area contributed by atoms with Crippen LogP contribution in [-0.2, 0) is 0 Å². The largest absolute Gasteiger partial charge is 0.319 e. The van der Waals surface area contributed by atoms with Crippen molar-refractivity contribution in [2.24, 2.45) is 0 Å². The van der Waals surface area contributed by atoms with E-state index in [2.05, 4.69) is 10.3 Å². The number of carbonyl (C=O) groups is 1. The Balaban J connectivity index is 2.28. The van der Waals surface area contributed by atoms with Crippen molar-refractivity contribution in [3.8, 4) is 0 Å². The number of amides is 1. The van der Waals surface area contributed by atoms with Gasteiger partial charge in [-0.05, 0) is 49.2 Å². The molecule has 5 heteroatoms. The summed E-state index contributed by atoms with van der Waals surface area (Å²) in [5.74, 6) is -0.264. The average molecular weight is 295 g/mol. The highest BCUT2D eigenvalue weighted by atomic mass is 35.5. The number of hydrogen-bond acceptors (Lipinski definition) is 2. The first-order chi connectivity index (χ1) is 8.95. The number of hydrogen-bond donors (Lipinski definition) is 1. The number of carbonyl (C=O) groups excluding carboxylic acids is 1. The molecule has 0 saturated carbocycles. The molecule has 0 unspecified atom stereocenters. The quantitative estimate of drug-likeness (QED) is 0.841. The van der Waals surface area contributed by atoms with Crippen molar-refractivity contribution in [3.63, 3.8) is 0 Å². The summed E-state index contributed by atoms with van der Waals surface area (Å²) in [6.45, 7) is 3.76. The zero-order chi connectivity index (χ0) is 14.0. The van der Waals surface area contributed by atoms with Crippen LogP contribution in [0.3, 0.4) is 0 Å². The Morgan fingerprint density at radius 3 is 2.53 bits per heavy atom. The van der Waals surface area contributed by atoms with Crippen LogP contribution in [0.25, 0.3) is 0 Å². The van der Waals surface area contributed by atoms with E-state index >= 15 is 0 Å². The fraction of sp³-hybridized carbons (Fsp3) is 0.143. The molecule has 1 aromatic carbocycles. The van der Waals surface area contributed by atoms with Gasteiger partial charge in [-0.15, -0.1) is 0 Å². The van der Waals surface area contributed by atoms with Crippen LogP contribution >= 0.6 is 23.2 Å². The molecule has 1 N–H and O–H groups in total. The van der Waals surface area contributed by atoms with Crippen LogP contribution in [-0.4, -0.2) is 10.9 Å². The summed E-state index contributed by atoms with van der Waals surface area (Å²) in [6.07, 6.45) is 1.64. The number of benzene rings is 1. The number of aryl methyl sites for hydroxylation is 2. The van der Waals surface area contributed by atoms with Gasteiger partial charge in [-0.3, -0.25) is 4.79 Å². The van der Waals surface area contributed by atoms with E-state index in [1.807, 2.05) is 13.8 Å². The Kier molecular flexibility index (Phi) is 4.08. The third-order valence-corrected chi connectivity index (χ3v) is 3.05. The molecule has 0 atom stereocenters. The number of rotatable bonds is 2. The molecule has 2 rings (SSSR count). The summed E-state index contributed by atoms with van der Waals surface area (Å²) in [6, 6.07) is 6.93. The number of anilines is 1. The molecule has 1 aromatic heterocycles. The first-order valence-electron chi connectivity index (χ1n) is 5.66. The zero-order valence-electron chi connectivity index (χ0n) is 10.5. The van der Waals surface area contributed by atoms with Crippen LogP contribution in [0.5, 0.6) is 0 Å². The van der Waals surface area contributed by atoms with Gasteiger partial charge in [0.2, 0.25) is 0 Å². The van der Waals surface area contributed by atoms with Crippen molar-refractivity contribution in [2.75, 3.05) is 5.32 Å². The van der Waals surface area contributed by atoms with Crippen molar-refractivity contribution >= 4 is 34.8 Å². The Morgan fingerprint density at radius 1 is 1.11 bits per heavy atom. The highest BCUT2D eigenvalue weighted by molar-refractivity contribution is 6.33. The van der Waals surface area contributed by atoms with Gasteiger partial charge in [0, 0.05) is 16.8 Å². The fourth-order valence-corrected chi connectivity index (χ4v) is 2.14. The third kappa shape index (κ3) is 3.46. The lowest BCUT2D eigenvalue weighted by atomic mass is 10.1. The molecule has 0 saturated heterocycles. The lowest BCUT2D eigenvalue weighted by molar-refractivity contribution is 0.102. The lowest BCUT2D eigenvalue weighted by Gasteiger charge is -2.08. The minimum absolute atomic E-state index is 0.262. The van der Waals surface area contributed by atoms with Crippen molar-refractivity contribution in [1.29, 1.82) is 0 Å². The Labute approximate surface area is 121 Å². The highest BCUT2D eigenvalue weighted by Gasteiger charge is 2.10. The van der Waals surface area contributed by atoms with Gasteiger partial charge >= 0.3 is 0 Å². The normalized spacial score (nSPS) is 10.3. The highest BCUT2D eigenvalue weighted by Crippen LogP contribution is 2.21. The molecular weight excluding hydrogens is 283 g/mol. The Morgan fingerprint density at radius 2 is 1.84 bits per heavy atom. The van der Waals surface area contributed by atoms with Crippen molar-refractivity contribution in [3.05, 3.63) is 57.3 Å². The molecule has 0 bridgehead atoms. The monoisotopic (exact) mass is 294 g/mol. The van der Waals surface area contributed by atoms with E-state index in [9.17, 15) is 4.79 Å². The summed E-state index contributed by atoms with van der Waals surface area (Å²) in [5.41, 5.74) is 2.82. The standard InChI is InChI=1S/C14H12Cl2N2O/c1-8-3-10(6-11(15)4-8)14(19)18-12-5-9(2)7-17-13(12)16/h3-7H,1-2H3,(H,18,19). The SMILES string of the molecule is Cc1cc(Cl)cc(C(=O)Nc2cc(C)cnc2Cl)c1. The topological polar surface area (TPSA) is 42.0 Å². The summed E-state index contributed by atoms with van der Waals surface area (Å²) >= 11 is 11.9. The summed E-state index contributed by atoms with van der Waals surface area (Å²) < 4.78 is 0. The maximum absolute atomic E-state index is 12.1. The van der Waals surface area contributed by atoms with Gasteiger partial charge in [0.1, 0.15) is 0 Å². The molecular formula is C14H12Cl2N2O. The van der Waals surface area contributed by atoms with Gasteiger partial charge in [-0.25, -0.2) is 4.98 Å². The minimum atomic E-state index is -0.264. The maximum atomic E-state index is 12.1. The molecule has 3 nitrogen and oxygen atoms in total. The number of nitrogens with one attached hydrogen (secondary N) is 1. The van der Waals surface area contributed by atoms with Crippen molar-refractivity contribution in [1.82, 2.24) is 4.98 Å². The van der Waals surface area contributed by atoms with Crippen LogP contribution in [0.15, 0.2) is 30.5 Å². The second-order valence-electron chi connectivity index (χ2n) is 4.32. The molecule has 0 aliphatic rings. The van der Waals surface area contributed by atoms with Gasteiger partial charge in [0.15, 0.2) is 5.15 Å². The van der Waals surface area contributed by atoms with Crippen molar-refractivity contribution < 1.29 is 4.79 Å². The number of pyridine rings is 1. The molecule has 1 amide bonds. The van der Waals surface area contributed by atoms with E-state index in [1.165, 1.54) is 0 Å². The second-order valence-corrected chi connectivity index (χ2v) is 5.12. The number of halogens is 2. The molecule has 0 aliphatic carbocycles.